The maximum Gasteiger partial charge on any atom is 0.416 e. The van der Waals surface area contributed by atoms with Crippen molar-refractivity contribution in [3.05, 3.63) is 29.3 Å². The van der Waals surface area contributed by atoms with Gasteiger partial charge < -0.3 is 19.6 Å². The van der Waals surface area contributed by atoms with E-state index < -0.39 is 30.2 Å². The van der Waals surface area contributed by atoms with E-state index in [-0.39, 0.29) is 18.2 Å². The van der Waals surface area contributed by atoms with E-state index in [1.807, 2.05) is 0 Å². The molecular formula is C18H21F3N2O4S. The van der Waals surface area contributed by atoms with Crippen LogP contribution in [0.5, 0.6) is 0 Å². The number of carboxylic acids is 1. The quantitative estimate of drug-likeness (QED) is 0.793. The van der Waals surface area contributed by atoms with Crippen LogP contribution >= 0.6 is 11.8 Å². The lowest BCUT2D eigenvalue weighted by Crippen LogP contribution is -2.38. The smallest absolute Gasteiger partial charge is 0.416 e. The van der Waals surface area contributed by atoms with Gasteiger partial charge in [-0.3, -0.25) is 4.79 Å². The molecule has 0 radical (unpaired) electrons. The van der Waals surface area contributed by atoms with Gasteiger partial charge in [-0.2, -0.15) is 24.9 Å². The van der Waals surface area contributed by atoms with Crippen molar-refractivity contribution in [2.24, 2.45) is 0 Å². The summed E-state index contributed by atoms with van der Waals surface area (Å²) in [5.74, 6) is 0.0501. The van der Waals surface area contributed by atoms with E-state index in [0.717, 1.165) is 23.6 Å². The van der Waals surface area contributed by atoms with E-state index in [4.69, 9.17) is 9.84 Å². The van der Waals surface area contributed by atoms with Crippen LogP contribution in [0.3, 0.4) is 0 Å². The molecule has 0 aliphatic carbocycles. The van der Waals surface area contributed by atoms with Crippen molar-refractivity contribution >= 4 is 29.3 Å². The minimum atomic E-state index is -4.57. The third-order valence-electron chi connectivity index (χ3n) is 4.74. The minimum Gasteiger partial charge on any atom is -0.480 e. The molecule has 0 aromatic heterocycles. The molecule has 2 aliphatic rings. The summed E-state index contributed by atoms with van der Waals surface area (Å²) in [6.07, 6.45) is -4.43. The molecular weight excluding hydrogens is 397 g/mol. The number of anilines is 1. The van der Waals surface area contributed by atoms with Gasteiger partial charge in [0.25, 0.3) is 5.91 Å². The molecule has 3 rings (SSSR count). The normalized spacial score (nSPS) is 20.5. The van der Waals surface area contributed by atoms with Gasteiger partial charge in [-0.1, -0.05) is 0 Å². The average Bonchev–Trinajstić information content (AvgIpc) is 3.14. The molecule has 2 heterocycles. The number of thioether (sulfide) groups is 1. The number of carbonyl (C=O) groups is 2. The SMILES string of the molecule is O=C(O)COC1CCN(c2cc(C(=O)N3CCSCC3)cc(C(F)(F)F)c2)C1. The van der Waals surface area contributed by atoms with Crippen molar-refractivity contribution in [2.45, 2.75) is 18.7 Å². The fraction of sp³-hybridized carbons (Fsp3) is 0.556. The summed E-state index contributed by atoms with van der Waals surface area (Å²) in [6.45, 7) is 1.30. The zero-order chi connectivity index (χ0) is 20.3. The van der Waals surface area contributed by atoms with E-state index in [1.165, 1.54) is 6.07 Å². The zero-order valence-electron chi connectivity index (χ0n) is 15.1. The molecule has 0 saturated carbocycles. The first-order valence-corrected chi connectivity index (χ1v) is 10.1. The first-order valence-electron chi connectivity index (χ1n) is 8.91. The van der Waals surface area contributed by atoms with Crippen molar-refractivity contribution in [1.29, 1.82) is 0 Å². The second kappa shape index (κ2) is 8.60. The predicted octanol–water partition coefficient (Wildman–Crippen LogP) is 2.57. The van der Waals surface area contributed by atoms with Gasteiger partial charge in [0.05, 0.1) is 11.7 Å². The highest BCUT2D eigenvalue weighted by Gasteiger charge is 2.34. The maximum absolute atomic E-state index is 13.4. The fourth-order valence-corrected chi connectivity index (χ4v) is 4.22. The second-order valence-corrected chi connectivity index (χ2v) is 7.96. The summed E-state index contributed by atoms with van der Waals surface area (Å²) in [5, 5.41) is 8.70. The van der Waals surface area contributed by atoms with Gasteiger partial charge in [0, 0.05) is 48.9 Å². The van der Waals surface area contributed by atoms with E-state index in [1.54, 1.807) is 21.6 Å². The molecule has 0 bridgehead atoms. The van der Waals surface area contributed by atoms with Crippen LogP contribution in [0, 0.1) is 0 Å². The third kappa shape index (κ3) is 5.11. The largest absolute Gasteiger partial charge is 0.480 e. The molecule has 0 spiro atoms. The minimum absolute atomic E-state index is 0.0200. The summed E-state index contributed by atoms with van der Waals surface area (Å²) in [7, 11) is 0. The van der Waals surface area contributed by atoms with Crippen LogP contribution in [-0.4, -0.2) is 72.3 Å². The summed E-state index contributed by atoms with van der Waals surface area (Å²) >= 11 is 1.71. The number of carboxylic acid groups (broad SMARTS) is 1. The Balaban J connectivity index is 1.82. The van der Waals surface area contributed by atoms with Crippen LogP contribution in [-0.2, 0) is 15.7 Å². The number of halogens is 3. The van der Waals surface area contributed by atoms with Crippen molar-refractivity contribution < 1.29 is 32.6 Å². The van der Waals surface area contributed by atoms with Gasteiger partial charge in [-0.05, 0) is 24.6 Å². The molecule has 2 fully saturated rings. The molecule has 6 nitrogen and oxygen atoms in total. The van der Waals surface area contributed by atoms with Gasteiger partial charge in [0.2, 0.25) is 0 Å². The van der Waals surface area contributed by atoms with Crippen LogP contribution in [0.2, 0.25) is 0 Å². The van der Waals surface area contributed by atoms with Gasteiger partial charge in [0.1, 0.15) is 6.61 Å². The van der Waals surface area contributed by atoms with Crippen molar-refractivity contribution in [2.75, 3.05) is 49.2 Å². The Morgan fingerprint density at radius 1 is 1.18 bits per heavy atom. The Labute approximate surface area is 164 Å². The average molecular weight is 418 g/mol. The Morgan fingerprint density at radius 2 is 1.89 bits per heavy atom. The Kier molecular flexibility index (Phi) is 6.39. The first-order chi connectivity index (χ1) is 13.2. The number of carbonyl (C=O) groups excluding carboxylic acids is 1. The van der Waals surface area contributed by atoms with E-state index in [0.29, 0.717) is 31.7 Å². The number of rotatable bonds is 5. The molecule has 1 aromatic rings. The van der Waals surface area contributed by atoms with Crippen LogP contribution in [0.4, 0.5) is 18.9 Å². The standard InChI is InChI=1S/C18H21F3N2O4S/c19-18(20,21)13-7-12(17(26)22-3-5-28-6-4-22)8-14(9-13)23-2-1-15(10-23)27-11-16(24)25/h7-9,15H,1-6,10-11H2,(H,24,25). The van der Waals surface area contributed by atoms with Crippen LogP contribution in [0.25, 0.3) is 0 Å². The van der Waals surface area contributed by atoms with Gasteiger partial charge >= 0.3 is 12.1 Å². The van der Waals surface area contributed by atoms with Crippen LogP contribution < -0.4 is 4.90 Å². The summed E-state index contributed by atoms with van der Waals surface area (Å²) in [6, 6.07) is 3.42. The highest BCUT2D eigenvalue weighted by Crippen LogP contribution is 2.34. The Morgan fingerprint density at radius 3 is 2.54 bits per heavy atom. The summed E-state index contributed by atoms with van der Waals surface area (Å²) < 4.78 is 45.4. The first kappa shape index (κ1) is 20.8. The van der Waals surface area contributed by atoms with Crippen molar-refractivity contribution in [3.8, 4) is 0 Å². The number of hydrogen-bond donors (Lipinski definition) is 1. The van der Waals surface area contributed by atoms with Crippen LogP contribution in [0.1, 0.15) is 22.3 Å². The summed E-state index contributed by atoms with van der Waals surface area (Å²) in [5.41, 5.74) is -0.549. The monoisotopic (exact) mass is 418 g/mol. The van der Waals surface area contributed by atoms with E-state index in [9.17, 15) is 22.8 Å². The number of alkyl halides is 3. The number of benzene rings is 1. The van der Waals surface area contributed by atoms with Crippen LogP contribution in [0.15, 0.2) is 18.2 Å². The molecule has 1 unspecified atom stereocenters. The summed E-state index contributed by atoms with van der Waals surface area (Å²) in [4.78, 5) is 26.6. The fourth-order valence-electron chi connectivity index (χ4n) is 3.32. The third-order valence-corrected chi connectivity index (χ3v) is 5.69. The van der Waals surface area contributed by atoms with Crippen molar-refractivity contribution in [3.63, 3.8) is 0 Å². The van der Waals surface area contributed by atoms with Gasteiger partial charge in [0.15, 0.2) is 0 Å². The molecule has 1 amide bonds. The topological polar surface area (TPSA) is 70.1 Å². The Bertz CT molecular complexity index is 738. The highest BCUT2D eigenvalue weighted by molar-refractivity contribution is 7.99. The molecule has 28 heavy (non-hydrogen) atoms. The zero-order valence-corrected chi connectivity index (χ0v) is 15.9. The molecule has 1 N–H and O–H groups in total. The molecule has 2 saturated heterocycles. The number of ether oxygens (including phenoxy) is 1. The molecule has 154 valence electrons. The predicted molar refractivity (Wildman–Crippen MR) is 98.9 cm³/mol. The lowest BCUT2D eigenvalue weighted by Gasteiger charge is -2.27. The molecule has 2 aliphatic heterocycles. The second-order valence-electron chi connectivity index (χ2n) is 6.73. The number of amides is 1. The molecule has 10 heteroatoms. The van der Waals surface area contributed by atoms with Gasteiger partial charge in [-0.25, -0.2) is 4.79 Å². The maximum atomic E-state index is 13.4. The lowest BCUT2D eigenvalue weighted by molar-refractivity contribution is -0.144. The molecule has 1 atom stereocenters. The van der Waals surface area contributed by atoms with Crippen molar-refractivity contribution in [1.82, 2.24) is 4.90 Å². The number of nitrogens with zero attached hydrogens (tertiary/aromatic N) is 2. The van der Waals surface area contributed by atoms with E-state index in [2.05, 4.69) is 0 Å². The number of aliphatic carboxylic acids is 1. The van der Waals surface area contributed by atoms with Gasteiger partial charge in [-0.15, -0.1) is 0 Å². The number of hydrogen-bond acceptors (Lipinski definition) is 5. The lowest BCUT2D eigenvalue weighted by atomic mass is 10.1. The highest BCUT2D eigenvalue weighted by atomic mass is 32.2. The Hall–Kier alpha value is -1.94. The van der Waals surface area contributed by atoms with E-state index >= 15 is 0 Å². The molecule has 1 aromatic carbocycles.